The molecule has 0 unspecified atom stereocenters. The molecule has 0 aromatic heterocycles. The summed E-state index contributed by atoms with van der Waals surface area (Å²) in [6.45, 7) is 0. The second-order valence-electron chi connectivity index (χ2n) is 3.81. The van der Waals surface area contributed by atoms with Crippen LogP contribution in [-0.4, -0.2) is 18.9 Å². The van der Waals surface area contributed by atoms with Gasteiger partial charge in [0.2, 0.25) is 0 Å². The van der Waals surface area contributed by atoms with E-state index in [-0.39, 0.29) is 16.8 Å². The molecule has 3 nitrogen and oxygen atoms in total. The zero-order valence-corrected chi connectivity index (χ0v) is 11.6. The van der Waals surface area contributed by atoms with Gasteiger partial charge in [-0.3, -0.25) is 9.59 Å². The fourth-order valence-corrected chi connectivity index (χ4v) is 1.92. The van der Waals surface area contributed by atoms with Crippen LogP contribution in [0.2, 0.25) is 10.0 Å². The van der Waals surface area contributed by atoms with Crippen molar-refractivity contribution in [2.45, 2.75) is 25.7 Å². The van der Waals surface area contributed by atoms with Crippen molar-refractivity contribution in [2.75, 3.05) is 7.11 Å². The van der Waals surface area contributed by atoms with Crippen LogP contribution in [-0.2, 0) is 9.53 Å². The van der Waals surface area contributed by atoms with E-state index in [1.54, 1.807) is 18.2 Å². The van der Waals surface area contributed by atoms with Crippen molar-refractivity contribution in [3.8, 4) is 0 Å². The van der Waals surface area contributed by atoms with E-state index in [1.165, 1.54) is 7.11 Å². The van der Waals surface area contributed by atoms with E-state index < -0.39 is 0 Å². The molecule has 5 heteroatoms. The molecule has 98 valence electrons. The number of esters is 1. The number of methoxy groups -OCH3 is 1. The first-order chi connectivity index (χ1) is 8.56. The molecular formula is C13H14Cl2O3. The maximum Gasteiger partial charge on any atom is 0.305 e. The summed E-state index contributed by atoms with van der Waals surface area (Å²) >= 11 is 11.8. The van der Waals surface area contributed by atoms with Crippen LogP contribution in [0.5, 0.6) is 0 Å². The van der Waals surface area contributed by atoms with Gasteiger partial charge in [0.25, 0.3) is 0 Å². The highest BCUT2D eigenvalue weighted by Gasteiger charge is 2.12. The molecule has 0 saturated carbocycles. The lowest BCUT2D eigenvalue weighted by molar-refractivity contribution is -0.140. The molecule has 0 N–H and O–H groups in total. The molecule has 1 aromatic carbocycles. The van der Waals surface area contributed by atoms with Gasteiger partial charge < -0.3 is 4.74 Å². The van der Waals surface area contributed by atoms with Gasteiger partial charge in [0.05, 0.1) is 17.2 Å². The summed E-state index contributed by atoms with van der Waals surface area (Å²) in [6.07, 6.45) is 1.91. The van der Waals surface area contributed by atoms with E-state index >= 15 is 0 Å². The van der Waals surface area contributed by atoms with E-state index in [1.807, 2.05) is 0 Å². The van der Waals surface area contributed by atoms with Gasteiger partial charge >= 0.3 is 5.97 Å². The molecule has 0 spiro atoms. The smallest absolute Gasteiger partial charge is 0.305 e. The number of halogens is 2. The maximum atomic E-state index is 11.9. The zero-order valence-electron chi connectivity index (χ0n) is 10.0. The van der Waals surface area contributed by atoms with E-state index in [4.69, 9.17) is 23.2 Å². The van der Waals surface area contributed by atoms with Crippen LogP contribution in [0.15, 0.2) is 18.2 Å². The SMILES string of the molecule is COC(=O)CCCCC(=O)c1cccc(Cl)c1Cl. The molecule has 0 radical (unpaired) electrons. The van der Waals surface area contributed by atoms with Crippen molar-refractivity contribution in [1.82, 2.24) is 0 Å². The fraction of sp³-hybridized carbons (Fsp3) is 0.385. The first kappa shape index (κ1) is 15.0. The van der Waals surface area contributed by atoms with Gasteiger partial charge in [-0.15, -0.1) is 0 Å². The Morgan fingerprint density at radius 1 is 1.17 bits per heavy atom. The van der Waals surface area contributed by atoms with Gasteiger partial charge in [-0.1, -0.05) is 29.3 Å². The Balaban J connectivity index is 2.46. The summed E-state index contributed by atoms with van der Waals surface area (Å²) in [5, 5.41) is 0.661. The molecule has 0 fully saturated rings. The van der Waals surface area contributed by atoms with Crippen molar-refractivity contribution in [3.63, 3.8) is 0 Å². The van der Waals surface area contributed by atoms with Gasteiger partial charge in [0.1, 0.15) is 0 Å². The van der Waals surface area contributed by atoms with E-state index in [0.717, 1.165) is 0 Å². The summed E-state index contributed by atoms with van der Waals surface area (Å²) < 4.78 is 4.51. The summed E-state index contributed by atoms with van der Waals surface area (Å²) in [5.74, 6) is -0.324. The molecule has 1 rings (SSSR count). The molecule has 0 bridgehead atoms. The third-order valence-corrected chi connectivity index (χ3v) is 3.33. The second kappa shape index (κ2) is 7.39. The molecule has 0 amide bonds. The second-order valence-corrected chi connectivity index (χ2v) is 4.59. The number of carbonyl (C=O) groups excluding carboxylic acids is 2. The summed E-state index contributed by atoms with van der Waals surface area (Å²) in [6, 6.07) is 4.98. The monoisotopic (exact) mass is 288 g/mol. The Bertz CT molecular complexity index is 444. The van der Waals surface area contributed by atoms with Crippen LogP contribution in [0, 0.1) is 0 Å². The number of ketones is 1. The highest BCUT2D eigenvalue weighted by atomic mass is 35.5. The Morgan fingerprint density at radius 2 is 1.83 bits per heavy atom. The molecule has 18 heavy (non-hydrogen) atoms. The predicted molar refractivity (Wildman–Crippen MR) is 71.3 cm³/mol. The third kappa shape index (κ3) is 4.31. The minimum atomic E-state index is -0.261. The van der Waals surface area contributed by atoms with Gasteiger partial charge in [-0.25, -0.2) is 0 Å². The Kier molecular flexibility index (Phi) is 6.16. The first-order valence-electron chi connectivity index (χ1n) is 5.60. The minimum absolute atomic E-state index is 0.0626. The number of unbranched alkanes of at least 4 members (excludes halogenated alkanes) is 1. The van der Waals surface area contributed by atoms with Crippen LogP contribution >= 0.6 is 23.2 Å². The topological polar surface area (TPSA) is 43.4 Å². The molecule has 0 saturated heterocycles. The van der Waals surface area contributed by atoms with E-state index in [9.17, 15) is 9.59 Å². The first-order valence-corrected chi connectivity index (χ1v) is 6.36. The van der Waals surface area contributed by atoms with Crippen LogP contribution in [0.4, 0.5) is 0 Å². The quantitative estimate of drug-likeness (QED) is 0.453. The molecule has 0 aliphatic carbocycles. The number of hydrogen-bond donors (Lipinski definition) is 0. The lowest BCUT2D eigenvalue weighted by Crippen LogP contribution is -2.03. The Labute approximate surface area is 116 Å². The van der Waals surface area contributed by atoms with Gasteiger partial charge in [-0.2, -0.15) is 0 Å². The molecule has 0 aliphatic rings. The summed E-state index contributed by atoms with van der Waals surface area (Å²) in [4.78, 5) is 22.8. The average Bonchev–Trinajstić information content (AvgIpc) is 2.37. The molecule has 0 heterocycles. The van der Waals surface area contributed by atoms with Gasteiger partial charge in [-0.05, 0) is 25.0 Å². The number of rotatable bonds is 6. The van der Waals surface area contributed by atoms with Crippen molar-refractivity contribution in [3.05, 3.63) is 33.8 Å². The van der Waals surface area contributed by atoms with Crippen LogP contribution in [0.3, 0.4) is 0 Å². The van der Waals surface area contributed by atoms with Crippen LogP contribution in [0.1, 0.15) is 36.0 Å². The fourth-order valence-electron chi connectivity index (χ4n) is 1.51. The number of carbonyl (C=O) groups is 2. The highest BCUT2D eigenvalue weighted by Crippen LogP contribution is 2.26. The molecule has 1 aromatic rings. The van der Waals surface area contributed by atoms with Crippen molar-refractivity contribution < 1.29 is 14.3 Å². The van der Waals surface area contributed by atoms with E-state index in [2.05, 4.69) is 4.74 Å². The molecule has 0 aliphatic heterocycles. The van der Waals surface area contributed by atoms with Crippen molar-refractivity contribution >= 4 is 35.0 Å². The summed E-state index contributed by atoms with van der Waals surface area (Å²) in [5.41, 5.74) is 0.433. The predicted octanol–water partition coefficient (Wildman–Crippen LogP) is 3.91. The average molecular weight is 289 g/mol. The number of hydrogen-bond acceptors (Lipinski definition) is 3. The Morgan fingerprint density at radius 3 is 2.50 bits per heavy atom. The zero-order chi connectivity index (χ0) is 13.5. The lowest BCUT2D eigenvalue weighted by Gasteiger charge is -2.04. The normalized spacial score (nSPS) is 10.2. The van der Waals surface area contributed by atoms with Crippen LogP contribution < -0.4 is 0 Å². The van der Waals surface area contributed by atoms with E-state index in [0.29, 0.717) is 36.3 Å². The van der Waals surface area contributed by atoms with Crippen molar-refractivity contribution in [1.29, 1.82) is 0 Å². The minimum Gasteiger partial charge on any atom is -0.469 e. The highest BCUT2D eigenvalue weighted by molar-refractivity contribution is 6.43. The Hall–Kier alpha value is -1.06. The van der Waals surface area contributed by atoms with Crippen LogP contribution in [0.25, 0.3) is 0 Å². The van der Waals surface area contributed by atoms with Gasteiger partial charge in [0.15, 0.2) is 5.78 Å². The number of Topliss-reactive ketones (excluding diaryl/α,β-unsaturated/α-hetero) is 1. The number of benzene rings is 1. The van der Waals surface area contributed by atoms with Crippen molar-refractivity contribution in [2.24, 2.45) is 0 Å². The maximum absolute atomic E-state index is 11.9. The lowest BCUT2D eigenvalue weighted by atomic mass is 10.0. The largest absolute Gasteiger partial charge is 0.469 e. The molecule has 0 atom stereocenters. The summed E-state index contributed by atoms with van der Waals surface area (Å²) in [7, 11) is 1.35. The van der Waals surface area contributed by atoms with Gasteiger partial charge in [0, 0.05) is 18.4 Å². The third-order valence-electron chi connectivity index (χ3n) is 2.51. The standard InChI is InChI=1S/C13H14Cl2O3/c1-18-12(17)8-3-2-7-11(16)9-5-4-6-10(14)13(9)15/h4-6H,2-3,7-8H2,1H3. The number of ether oxygens (including phenoxy) is 1. The molecular weight excluding hydrogens is 275 g/mol.